The van der Waals surface area contributed by atoms with Crippen molar-refractivity contribution in [1.29, 1.82) is 0 Å². The van der Waals surface area contributed by atoms with Crippen LogP contribution >= 0.6 is 0 Å². The molecule has 0 aliphatic carbocycles. The Labute approximate surface area is 186 Å². The highest BCUT2D eigenvalue weighted by Crippen LogP contribution is 2.32. The Kier molecular flexibility index (Phi) is 5.89. The molecule has 0 saturated carbocycles. The smallest absolute Gasteiger partial charge is 0.410 e. The Hall–Kier alpha value is -3.75. The molecule has 1 aliphatic heterocycles. The molecule has 166 valence electrons. The van der Waals surface area contributed by atoms with Crippen molar-refractivity contribution < 1.29 is 14.3 Å². The molecule has 0 spiro atoms. The molecular weight excluding hydrogens is 408 g/mol. The highest BCUT2D eigenvalue weighted by atomic mass is 16.6. The fraction of sp³-hybridized carbons (Fsp3) is 0.348. The summed E-state index contributed by atoms with van der Waals surface area (Å²) in [5, 5.41) is 6.35. The number of nitrogens with zero attached hydrogens (tertiary/aromatic N) is 4. The van der Waals surface area contributed by atoms with E-state index < -0.39 is 11.6 Å². The fourth-order valence-corrected chi connectivity index (χ4v) is 3.68. The van der Waals surface area contributed by atoms with Gasteiger partial charge in [-0.1, -0.05) is 6.07 Å². The topological polar surface area (TPSA) is 109 Å². The molecule has 1 fully saturated rings. The van der Waals surface area contributed by atoms with Gasteiger partial charge < -0.3 is 15.0 Å². The predicted octanol–water partition coefficient (Wildman–Crippen LogP) is 4.39. The molecule has 1 aliphatic rings. The van der Waals surface area contributed by atoms with E-state index in [0.29, 0.717) is 24.6 Å². The second-order valence-corrected chi connectivity index (χ2v) is 8.72. The molecule has 0 bridgehead atoms. The lowest BCUT2D eigenvalue weighted by molar-refractivity contribution is 0.0292. The van der Waals surface area contributed by atoms with E-state index in [4.69, 9.17) is 4.74 Å². The minimum Gasteiger partial charge on any atom is -0.444 e. The number of aromatic nitrogens is 3. The molecule has 1 aromatic carbocycles. The van der Waals surface area contributed by atoms with Crippen LogP contribution in [0.5, 0.6) is 0 Å². The summed E-state index contributed by atoms with van der Waals surface area (Å²) in [6.45, 7) is 6.84. The van der Waals surface area contributed by atoms with Crippen LogP contribution in [0.4, 0.5) is 21.1 Å². The molecular formula is C23H26N6O3. The molecule has 1 saturated heterocycles. The monoisotopic (exact) mass is 434 g/mol. The fourth-order valence-electron chi connectivity index (χ4n) is 3.68. The van der Waals surface area contributed by atoms with Crippen molar-refractivity contribution in [1.82, 2.24) is 19.9 Å². The van der Waals surface area contributed by atoms with E-state index in [9.17, 15) is 9.59 Å². The summed E-state index contributed by atoms with van der Waals surface area (Å²) in [5.74, 6) is 0.547. The predicted molar refractivity (Wildman–Crippen MR) is 122 cm³/mol. The van der Waals surface area contributed by atoms with E-state index in [2.05, 4.69) is 25.6 Å². The van der Waals surface area contributed by atoms with Crippen LogP contribution in [0.3, 0.4) is 0 Å². The van der Waals surface area contributed by atoms with E-state index in [-0.39, 0.29) is 12.0 Å². The summed E-state index contributed by atoms with van der Waals surface area (Å²) in [6, 6.07) is 7.34. The normalized spacial score (nSPS) is 16.1. The SMILES string of the molecule is CC(C)(C)OC(=O)N1CCC(c2ccc3nccc(NC(=O)Nc4cnccn4)c3c2)C1. The molecule has 32 heavy (non-hydrogen) atoms. The van der Waals surface area contributed by atoms with Gasteiger partial charge in [-0.3, -0.25) is 15.3 Å². The number of ether oxygens (including phenoxy) is 1. The zero-order chi connectivity index (χ0) is 22.7. The second kappa shape index (κ2) is 8.78. The van der Waals surface area contributed by atoms with Crippen molar-refractivity contribution in [2.75, 3.05) is 23.7 Å². The summed E-state index contributed by atoms with van der Waals surface area (Å²) in [6.07, 6.45) is 6.73. The van der Waals surface area contributed by atoms with Crippen molar-refractivity contribution in [3.8, 4) is 0 Å². The van der Waals surface area contributed by atoms with E-state index in [1.165, 1.54) is 18.6 Å². The molecule has 3 aromatic rings. The first-order valence-electron chi connectivity index (χ1n) is 10.5. The highest BCUT2D eigenvalue weighted by molar-refractivity contribution is 6.05. The molecule has 1 atom stereocenters. The average Bonchev–Trinajstić information content (AvgIpc) is 3.24. The van der Waals surface area contributed by atoms with Gasteiger partial charge in [-0.2, -0.15) is 0 Å². The number of likely N-dealkylation sites (tertiary alicyclic amines) is 1. The summed E-state index contributed by atoms with van der Waals surface area (Å²) in [7, 11) is 0. The quantitative estimate of drug-likeness (QED) is 0.633. The number of hydrogen-bond donors (Lipinski definition) is 2. The maximum atomic E-state index is 12.4. The summed E-state index contributed by atoms with van der Waals surface area (Å²) < 4.78 is 5.50. The van der Waals surface area contributed by atoms with Crippen LogP contribution in [-0.2, 0) is 4.74 Å². The lowest BCUT2D eigenvalue weighted by Gasteiger charge is -2.24. The number of carbonyl (C=O) groups is 2. The lowest BCUT2D eigenvalue weighted by Crippen LogP contribution is -2.35. The van der Waals surface area contributed by atoms with Crippen molar-refractivity contribution >= 4 is 34.5 Å². The summed E-state index contributed by atoms with van der Waals surface area (Å²) in [4.78, 5) is 39.0. The Balaban J connectivity index is 1.50. The molecule has 0 radical (unpaired) electrons. The third-order valence-corrected chi connectivity index (χ3v) is 5.13. The Bertz CT molecular complexity index is 1130. The highest BCUT2D eigenvalue weighted by Gasteiger charge is 2.30. The number of urea groups is 1. The zero-order valence-electron chi connectivity index (χ0n) is 18.3. The van der Waals surface area contributed by atoms with Crippen LogP contribution in [0.1, 0.15) is 38.7 Å². The minimum absolute atomic E-state index is 0.188. The van der Waals surface area contributed by atoms with Crippen molar-refractivity contribution in [2.24, 2.45) is 0 Å². The van der Waals surface area contributed by atoms with Crippen LogP contribution < -0.4 is 10.6 Å². The minimum atomic E-state index is -0.518. The van der Waals surface area contributed by atoms with Crippen LogP contribution in [0.15, 0.2) is 49.1 Å². The van der Waals surface area contributed by atoms with Gasteiger partial charge in [0.2, 0.25) is 0 Å². The largest absolute Gasteiger partial charge is 0.444 e. The molecule has 2 aromatic heterocycles. The molecule has 2 N–H and O–H groups in total. The van der Waals surface area contributed by atoms with Gasteiger partial charge in [-0.05, 0) is 51.0 Å². The van der Waals surface area contributed by atoms with Gasteiger partial charge in [0.25, 0.3) is 0 Å². The molecule has 4 rings (SSSR count). The zero-order valence-corrected chi connectivity index (χ0v) is 18.3. The van der Waals surface area contributed by atoms with Crippen LogP contribution in [-0.4, -0.2) is 50.7 Å². The van der Waals surface area contributed by atoms with E-state index in [1.807, 2.05) is 39.0 Å². The van der Waals surface area contributed by atoms with Crippen LogP contribution in [0.25, 0.3) is 10.9 Å². The number of benzene rings is 1. The Morgan fingerprint density at radius 2 is 1.94 bits per heavy atom. The van der Waals surface area contributed by atoms with Crippen molar-refractivity contribution in [3.05, 3.63) is 54.6 Å². The van der Waals surface area contributed by atoms with Gasteiger partial charge in [0.05, 0.1) is 17.4 Å². The van der Waals surface area contributed by atoms with Gasteiger partial charge in [-0.25, -0.2) is 14.6 Å². The van der Waals surface area contributed by atoms with Crippen LogP contribution in [0, 0.1) is 0 Å². The second-order valence-electron chi connectivity index (χ2n) is 8.72. The van der Waals surface area contributed by atoms with Crippen LogP contribution in [0.2, 0.25) is 0 Å². The standard InChI is InChI=1S/C23H26N6O3/c1-23(2,3)32-22(31)29-11-7-16(14-29)15-4-5-18-17(12-15)19(6-8-25-18)27-21(30)28-20-13-24-9-10-26-20/h4-6,8-10,12-13,16H,7,11,14H2,1-3H3,(H2,25,26,27,28,30). The molecule has 3 heterocycles. The van der Waals surface area contributed by atoms with E-state index in [0.717, 1.165) is 22.9 Å². The molecule has 3 amide bonds. The number of amides is 3. The number of rotatable bonds is 3. The number of fused-ring (bicyclic) bond motifs is 1. The molecule has 9 nitrogen and oxygen atoms in total. The Morgan fingerprint density at radius 3 is 2.69 bits per heavy atom. The van der Waals surface area contributed by atoms with Crippen molar-refractivity contribution in [2.45, 2.75) is 38.7 Å². The van der Waals surface area contributed by atoms with Gasteiger partial charge in [-0.15, -0.1) is 0 Å². The number of pyridine rings is 1. The maximum absolute atomic E-state index is 12.4. The van der Waals surface area contributed by atoms with Gasteiger partial charge in [0.15, 0.2) is 5.82 Å². The number of carbonyl (C=O) groups excluding carboxylic acids is 2. The lowest BCUT2D eigenvalue weighted by atomic mass is 9.96. The van der Waals surface area contributed by atoms with E-state index in [1.54, 1.807) is 17.2 Å². The van der Waals surface area contributed by atoms with Crippen molar-refractivity contribution in [3.63, 3.8) is 0 Å². The first kappa shape index (κ1) is 21.5. The average molecular weight is 435 g/mol. The summed E-state index contributed by atoms with van der Waals surface area (Å²) >= 11 is 0. The first-order chi connectivity index (χ1) is 15.3. The van der Waals surface area contributed by atoms with Gasteiger partial charge >= 0.3 is 12.1 Å². The number of hydrogen-bond acceptors (Lipinski definition) is 6. The van der Waals surface area contributed by atoms with Gasteiger partial charge in [0.1, 0.15) is 5.60 Å². The molecule has 9 heteroatoms. The number of anilines is 2. The summed E-state index contributed by atoms with van der Waals surface area (Å²) in [5.41, 5.74) is 1.98. The van der Waals surface area contributed by atoms with Gasteiger partial charge in [0, 0.05) is 43.0 Å². The first-order valence-corrected chi connectivity index (χ1v) is 10.5. The Morgan fingerprint density at radius 1 is 1.09 bits per heavy atom. The number of nitrogens with one attached hydrogen (secondary N) is 2. The van der Waals surface area contributed by atoms with E-state index >= 15 is 0 Å². The molecule has 1 unspecified atom stereocenters. The third-order valence-electron chi connectivity index (χ3n) is 5.13. The maximum Gasteiger partial charge on any atom is 0.410 e. The third kappa shape index (κ3) is 5.11.